The first-order chi connectivity index (χ1) is 8.15. The molecular formula is C12H14BrN3O. The molecule has 0 aliphatic heterocycles. The van der Waals surface area contributed by atoms with Crippen LogP contribution in [-0.4, -0.2) is 16.9 Å². The Morgan fingerprint density at radius 1 is 1.47 bits per heavy atom. The summed E-state index contributed by atoms with van der Waals surface area (Å²) < 4.78 is 7.85. The minimum absolute atomic E-state index is 0.545. The third-order valence-electron chi connectivity index (χ3n) is 2.65. The molecule has 0 bridgehead atoms. The van der Waals surface area contributed by atoms with Crippen molar-refractivity contribution in [2.75, 3.05) is 12.8 Å². The van der Waals surface area contributed by atoms with Crippen molar-refractivity contribution in [1.82, 2.24) is 9.78 Å². The molecule has 90 valence electrons. The summed E-state index contributed by atoms with van der Waals surface area (Å²) in [5.74, 6) is 0.647. The quantitative estimate of drug-likeness (QED) is 0.947. The Hall–Kier alpha value is -1.33. The number of methoxy groups -OCH3 is 1. The van der Waals surface area contributed by atoms with Gasteiger partial charge >= 0.3 is 0 Å². The predicted octanol–water partition coefficient (Wildman–Crippen LogP) is 2.58. The highest BCUT2D eigenvalue weighted by atomic mass is 79.9. The number of halogens is 1. The molecule has 2 aromatic rings. The van der Waals surface area contributed by atoms with Gasteiger partial charge in [-0.1, -0.05) is 28.1 Å². The second-order valence-electron chi connectivity index (χ2n) is 3.77. The van der Waals surface area contributed by atoms with Gasteiger partial charge in [-0.05, 0) is 11.6 Å². The average Bonchev–Trinajstić information content (AvgIpc) is 2.61. The number of nitrogen functional groups attached to an aromatic ring is 1. The first-order valence-corrected chi connectivity index (χ1v) is 5.98. The maximum absolute atomic E-state index is 6.01. The van der Waals surface area contributed by atoms with Crippen LogP contribution in [0.5, 0.6) is 0 Å². The molecule has 0 atom stereocenters. The Kier molecular flexibility index (Phi) is 3.49. The summed E-state index contributed by atoms with van der Waals surface area (Å²) in [6.07, 6.45) is 1.77. The lowest BCUT2D eigenvalue weighted by molar-refractivity contribution is 0.185. The van der Waals surface area contributed by atoms with Crippen LogP contribution in [0.1, 0.15) is 5.56 Å². The Morgan fingerprint density at radius 2 is 2.24 bits per heavy atom. The molecule has 0 saturated carbocycles. The zero-order valence-electron chi connectivity index (χ0n) is 9.77. The van der Waals surface area contributed by atoms with Crippen molar-refractivity contribution in [1.29, 1.82) is 0 Å². The van der Waals surface area contributed by atoms with Gasteiger partial charge in [-0.2, -0.15) is 5.10 Å². The fourth-order valence-corrected chi connectivity index (χ4v) is 2.41. The van der Waals surface area contributed by atoms with Crippen LogP contribution in [-0.2, 0) is 18.4 Å². The van der Waals surface area contributed by atoms with Gasteiger partial charge < -0.3 is 10.5 Å². The molecule has 2 N–H and O–H groups in total. The number of aromatic nitrogens is 2. The van der Waals surface area contributed by atoms with Crippen LogP contribution in [0, 0.1) is 0 Å². The number of hydrogen-bond donors (Lipinski definition) is 1. The Morgan fingerprint density at radius 3 is 2.82 bits per heavy atom. The molecule has 0 amide bonds. The van der Waals surface area contributed by atoms with Gasteiger partial charge in [0.25, 0.3) is 0 Å². The molecule has 0 aliphatic carbocycles. The summed E-state index contributed by atoms with van der Waals surface area (Å²) in [4.78, 5) is 0. The highest BCUT2D eigenvalue weighted by Crippen LogP contribution is 2.35. The molecule has 5 heteroatoms. The van der Waals surface area contributed by atoms with Gasteiger partial charge in [0.2, 0.25) is 0 Å². The van der Waals surface area contributed by atoms with E-state index in [9.17, 15) is 0 Å². The Balaban J connectivity index is 2.61. The van der Waals surface area contributed by atoms with Crippen molar-refractivity contribution in [3.05, 3.63) is 34.4 Å². The zero-order chi connectivity index (χ0) is 12.4. The van der Waals surface area contributed by atoms with Gasteiger partial charge in [0, 0.05) is 29.8 Å². The predicted molar refractivity (Wildman–Crippen MR) is 71.5 cm³/mol. The zero-order valence-corrected chi connectivity index (χ0v) is 11.4. The van der Waals surface area contributed by atoms with Crippen LogP contribution in [0.2, 0.25) is 0 Å². The van der Waals surface area contributed by atoms with Crippen molar-refractivity contribution >= 4 is 21.7 Å². The minimum Gasteiger partial charge on any atom is -0.383 e. The molecule has 0 unspecified atom stereocenters. The number of rotatable bonds is 3. The molecule has 0 aliphatic rings. The molecule has 1 aromatic heterocycles. The van der Waals surface area contributed by atoms with Crippen LogP contribution in [0.4, 0.5) is 5.82 Å². The van der Waals surface area contributed by atoms with Gasteiger partial charge in [0.1, 0.15) is 5.82 Å². The number of anilines is 1. The number of hydrogen-bond acceptors (Lipinski definition) is 3. The van der Waals surface area contributed by atoms with Gasteiger partial charge in [0.05, 0.1) is 12.8 Å². The maximum Gasteiger partial charge on any atom is 0.129 e. The Bertz CT molecular complexity index is 537. The molecule has 2 rings (SSSR count). The summed E-state index contributed by atoms with van der Waals surface area (Å²) in [5.41, 5.74) is 9.06. The van der Waals surface area contributed by atoms with Crippen LogP contribution in [0.15, 0.2) is 28.9 Å². The van der Waals surface area contributed by atoms with Crippen LogP contribution in [0.3, 0.4) is 0 Å². The lowest BCUT2D eigenvalue weighted by Gasteiger charge is -2.10. The van der Waals surface area contributed by atoms with Crippen molar-refractivity contribution in [3.8, 4) is 11.1 Å². The monoisotopic (exact) mass is 295 g/mol. The normalized spacial score (nSPS) is 10.8. The van der Waals surface area contributed by atoms with Crippen LogP contribution < -0.4 is 5.73 Å². The average molecular weight is 296 g/mol. The van der Waals surface area contributed by atoms with Crippen LogP contribution in [0.25, 0.3) is 11.1 Å². The van der Waals surface area contributed by atoms with E-state index < -0.39 is 0 Å². The summed E-state index contributed by atoms with van der Waals surface area (Å²) in [6.45, 7) is 0.545. The Labute approximate surface area is 109 Å². The van der Waals surface area contributed by atoms with Gasteiger partial charge in [0.15, 0.2) is 0 Å². The standard InChI is InChI=1S/C12H14BrN3O/c1-16-12(14)9(6-15-16)11-8(7-17-2)4-3-5-10(11)13/h3-6H,7,14H2,1-2H3. The second kappa shape index (κ2) is 4.89. The van der Waals surface area contributed by atoms with Crippen molar-refractivity contribution in [2.45, 2.75) is 6.61 Å². The number of nitrogens with two attached hydrogens (primary N) is 1. The van der Waals surface area contributed by atoms with E-state index in [1.54, 1.807) is 18.0 Å². The summed E-state index contributed by atoms with van der Waals surface area (Å²) >= 11 is 3.55. The van der Waals surface area contributed by atoms with E-state index in [1.807, 2.05) is 25.2 Å². The topological polar surface area (TPSA) is 53.1 Å². The smallest absolute Gasteiger partial charge is 0.129 e. The third-order valence-corrected chi connectivity index (χ3v) is 3.31. The van der Waals surface area contributed by atoms with E-state index in [-0.39, 0.29) is 0 Å². The third kappa shape index (κ3) is 2.21. The fourth-order valence-electron chi connectivity index (χ4n) is 1.79. The molecule has 17 heavy (non-hydrogen) atoms. The number of nitrogens with zero attached hydrogens (tertiary/aromatic N) is 2. The van der Waals surface area contributed by atoms with E-state index in [2.05, 4.69) is 21.0 Å². The lowest BCUT2D eigenvalue weighted by Crippen LogP contribution is -1.99. The van der Waals surface area contributed by atoms with E-state index in [1.165, 1.54) is 0 Å². The highest BCUT2D eigenvalue weighted by Gasteiger charge is 2.14. The van der Waals surface area contributed by atoms with E-state index in [0.29, 0.717) is 12.4 Å². The minimum atomic E-state index is 0.545. The fraction of sp³-hybridized carbons (Fsp3) is 0.250. The van der Waals surface area contributed by atoms with E-state index in [4.69, 9.17) is 10.5 Å². The highest BCUT2D eigenvalue weighted by molar-refractivity contribution is 9.10. The molecular weight excluding hydrogens is 282 g/mol. The largest absolute Gasteiger partial charge is 0.383 e. The summed E-state index contributed by atoms with van der Waals surface area (Å²) in [5, 5.41) is 4.16. The SMILES string of the molecule is COCc1cccc(Br)c1-c1cnn(C)c1N. The molecule has 1 aromatic carbocycles. The number of ether oxygens (including phenoxy) is 1. The maximum atomic E-state index is 6.01. The van der Waals surface area contributed by atoms with E-state index in [0.717, 1.165) is 21.2 Å². The molecule has 0 spiro atoms. The number of aryl methyl sites for hydroxylation is 1. The van der Waals surface area contributed by atoms with Crippen LogP contribution >= 0.6 is 15.9 Å². The molecule has 1 heterocycles. The van der Waals surface area contributed by atoms with E-state index >= 15 is 0 Å². The number of benzene rings is 1. The molecule has 0 radical (unpaired) electrons. The lowest BCUT2D eigenvalue weighted by atomic mass is 10.0. The van der Waals surface area contributed by atoms with Gasteiger partial charge in [-0.25, -0.2) is 0 Å². The second-order valence-corrected chi connectivity index (χ2v) is 4.63. The summed E-state index contributed by atoms with van der Waals surface area (Å²) in [7, 11) is 3.50. The first kappa shape index (κ1) is 12.1. The van der Waals surface area contributed by atoms with Crippen molar-refractivity contribution in [2.24, 2.45) is 7.05 Å². The van der Waals surface area contributed by atoms with Crippen molar-refractivity contribution in [3.63, 3.8) is 0 Å². The molecule has 4 nitrogen and oxygen atoms in total. The summed E-state index contributed by atoms with van der Waals surface area (Å²) in [6, 6.07) is 5.99. The van der Waals surface area contributed by atoms with Gasteiger partial charge in [-0.3, -0.25) is 4.68 Å². The molecule has 0 saturated heterocycles. The van der Waals surface area contributed by atoms with Gasteiger partial charge in [-0.15, -0.1) is 0 Å². The molecule has 0 fully saturated rings. The van der Waals surface area contributed by atoms with Crippen molar-refractivity contribution < 1.29 is 4.74 Å². The first-order valence-electron chi connectivity index (χ1n) is 5.19.